The first-order chi connectivity index (χ1) is 6.50. The summed E-state index contributed by atoms with van der Waals surface area (Å²) < 4.78 is 0. The van der Waals surface area contributed by atoms with E-state index in [0.717, 1.165) is 0 Å². The number of hydrogen-bond acceptors (Lipinski definition) is 4. The van der Waals surface area contributed by atoms with Crippen molar-refractivity contribution in [3.8, 4) is 5.75 Å². The molecule has 0 bridgehead atoms. The van der Waals surface area contributed by atoms with Gasteiger partial charge in [0.15, 0.2) is 0 Å². The van der Waals surface area contributed by atoms with E-state index in [0.29, 0.717) is 11.3 Å². The zero-order valence-electron chi connectivity index (χ0n) is 7.47. The molecule has 14 heavy (non-hydrogen) atoms. The third-order valence-electron chi connectivity index (χ3n) is 1.88. The van der Waals surface area contributed by atoms with Crippen molar-refractivity contribution in [3.05, 3.63) is 23.8 Å². The highest BCUT2D eigenvalue weighted by Crippen LogP contribution is 2.19. The molecule has 5 heteroatoms. The Balaban J connectivity index is 2.85. The van der Waals surface area contributed by atoms with Crippen LogP contribution in [0.5, 0.6) is 5.75 Å². The fourth-order valence-corrected chi connectivity index (χ4v) is 1.09. The standard InChI is InChI=1S/C9H12N2O3/c10-7-2-1-6(12)3-5(7)4-8(11)9(13)14/h1-3,8,12H,4,10-11H2,(H,13,14)/t8-/m0/s1. The number of carboxylic acids is 1. The molecule has 0 spiro atoms. The van der Waals surface area contributed by atoms with Gasteiger partial charge in [-0.2, -0.15) is 0 Å². The van der Waals surface area contributed by atoms with Crippen molar-refractivity contribution >= 4 is 11.7 Å². The van der Waals surface area contributed by atoms with Crippen LogP contribution in [0.4, 0.5) is 5.69 Å². The van der Waals surface area contributed by atoms with Gasteiger partial charge in [0, 0.05) is 12.1 Å². The van der Waals surface area contributed by atoms with Gasteiger partial charge < -0.3 is 21.7 Å². The molecule has 0 saturated heterocycles. The molecule has 1 atom stereocenters. The molecule has 0 unspecified atom stereocenters. The minimum atomic E-state index is -1.09. The van der Waals surface area contributed by atoms with Gasteiger partial charge in [0.25, 0.3) is 0 Å². The van der Waals surface area contributed by atoms with Crippen molar-refractivity contribution in [2.45, 2.75) is 12.5 Å². The Bertz CT molecular complexity index is 352. The maximum absolute atomic E-state index is 10.5. The summed E-state index contributed by atoms with van der Waals surface area (Å²) >= 11 is 0. The molecule has 0 aliphatic rings. The molecule has 1 aromatic rings. The van der Waals surface area contributed by atoms with E-state index in [1.807, 2.05) is 0 Å². The highest BCUT2D eigenvalue weighted by molar-refractivity contribution is 5.74. The third-order valence-corrected chi connectivity index (χ3v) is 1.88. The Labute approximate surface area is 81.0 Å². The van der Waals surface area contributed by atoms with Crippen LogP contribution < -0.4 is 11.5 Å². The number of aromatic hydroxyl groups is 1. The minimum absolute atomic E-state index is 0.0480. The van der Waals surface area contributed by atoms with Crippen LogP contribution in [0.25, 0.3) is 0 Å². The summed E-state index contributed by atoms with van der Waals surface area (Å²) in [6.45, 7) is 0. The molecule has 0 aliphatic heterocycles. The van der Waals surface area contributed by atoms with Crippen molar-refractivity contribution in [1.29, 1.82) is 0 Å². The SMILES string of the molecule is Nc1ccc(O)cc1C[C@H](N)C(=O)O. The van der Waals surface area contributed by atoms with E-state index in [9.17, 15) is 4.79 Å². The van der Waals surface area contributed by atoms with Crippen LogP contribution in [-0.2, 0) is 11.2 Å². The molecule has 1 rings (SSSR count). The van der Waals surface area contributed by atoms with Gasteiger partial charge in [0.2, 0.25) is 0 Å². The maximum Gasteiger partial charge on any atom is 0.320 e. The van der Waals surface area contributed by atoms with E-state index in [1.165, 1.54) is 18.2 Å². The lowest BCUT2D eigenvalue weighted by molar-refractivity contribution is -0.138. The van der Waals surface area contributed by atoms with Crippen LogP contribution in [-0.4, -0.2) is 22.2 Å². The highest BCUT2D eigenvalue weighted by atomic mass is 16.4. The molecule has 6 N–H and O–H groups in total. The second kappa shape index (κ2) is 3.97. The molecule has 0 saturated carbocycles. The van der Waals surface area contributed by atoms with Gasteiger partial charge in [-0.3, -0.25) is 4.79 Å². The summed E-state index contributed by atoms with van der Waals surface area (Å²) in [6, 6.07) is 3.36. The zero-order chi connectivity index (χ0) is 10.7. The molecular weight excluding hydrogens is 184 g/mol. The van der Waals surface area contributed by atoms with Crippen molar-refractivity contribution < 1.29 is 15.0 Å². The highest BCUT2D eigenvalue weighted by Gasteiger charge is 2.13. The second-order valence-corrected chi connectivity index (χ2v) is 3.03. The number of aliphatic carboxylic acids is 1. The molecule has 76 valence electrons. The van der Waals surface area contributed by atoms with E-state index >= 15 is 0 Å². The molecule has 5 nitrogen and oxygen atoms in total. The number of phenolic OH excluding ortho intramolecular Hbond substituents is 1. The summed E-state index contributed by atoms with van der Waals surface area (Å²) in [5, 5.41) is 17.7. The molecule has 0 aliphatic carbocycles. The van der Waals surface area contributed by atoms with Crippen molar-refractivity contribution in [1.82, 2.24) is 0 Å². The second-order valence-electron chi connectivity index (χ2n) is 3.03. The summed E-state index contributed by atoms with van der Waals surface area (Å²) in [6.07, 6.45) is 0.107. The minimum Gasteiger partial charge on any atom is -0.508 e. The van der Waals surface area contributed by atoms with E-state index in [1.54, 1.807) is 0 Å². The van der Waals surface area contributed by atoms with Gasteiger partial charge in [-0.1, -0.05) is 0 Å². The lowest BCUT2D eigenvalue weighted by Crippen LogP contribution is -2.32. The summed E-state index contributed by atoms with van der Waals surface area (Å²) in [5.41, 5.74) is 11.9. The van der Waals surface area contributed by atoms with Crippen LogP contribution in [0.3, 0.4) is 0 Å². The Hall–Kier alpha value is -1.75. The smallest absolute Gasteiger partial charge is 0.320 e. The van der Waals surface area contributed by atoms with Crippen molar-refractivity contribution in [3.63, 3.8) is 0 Å². The maximum atomic E-state index is 10.5. The Morgan fingerprint density at radius 3 is 2.71 bits per heavy atom. The van der Waals surface area contributed by atoms with Crippen LogP contribution >= 0.6 is 0 Å². The Morgan fingerprint density at radius 2 is 2.14 bits per heavy atom. The molecule has 0 radical (unpaired) electrons. The first kappa shape index (κ1) is 10.3. The number of carboxylic acid groups (broad SMARTS) is 1. The largest absolute Gasteiger partial charge is 0.508 e. The van der Waals surface area contributed by atoms with Gasteiger partial charge in [-0.25, -0.2) is 0 Å². The average Bonchev–Trinajstić information content (AvgIpc) is 2.11. The molecule has 0 heterocycles. The number of nitrogens with two attached hydrogens (primary N) is 2. The topological polar surface area (TPSA) is 110 Å². The lowest BCUT2D eigenvalue weighted by Gasteiger charge is -2.09. The summed E-state index contributed by atoms with van der Waals surface area (Å²) in [7, 11) is 0. The lowest BCUT2D eigenvalue weighted by atomic mass is 10.0. The normalized spacial score (nSPS) is 12.4. The predicted octanol–water partition coefficient (Wildman–Crippen LogP) is -0.0712. The first-order valence-electron chi connectivity index (χ1n) is 4.06. The molecule has 0 aromatic heterocycles. The number of nitrogen functional groups attached to an aromatic ring is 1. The van der Waals surface area contributed by atoms with Crippen LogP contribution in [0, 0.1) is 0 Å². The number of rotatable bonds is 3. The number of phenols is 1. The van der Waals surface area contributed by atoms with Crippen LogP contribution in [0.2, 0.25) is 0 Å². The van der Waals surface area contributed by atoms with Gasteiger partial charge >= 0.3 is 5.97 Å². The first-order valence-corrected chi connectivity index (χ1v) is 4.06. The monoisotopic (exact) mass is 196 g/mol. The Kier molecular flexibility index (Phi) is 2.93. The molecule has 0 amide bonds. The van der Waals surface area contributed by atoms with Gasteiger partial charge in [-0.15, -0.1) is 0 Å². The van der Waals surface area contributed by atoms with Crippen molar-refractivity contribution in [2.75, 3.05) is 5.73 Å². The number of hydrogen-bond donors (Lipinski definition) is 4. The Morgan fingerprint density at radius 1 is 1.50 bits per heavy atom. The zero-order valence-corrected chi connectivity index (χ0v) is 7.47. The quantitative estimate of drug-likeness (QED) is 0.399. The van der Waals surface area contributed by atoms with Gasteiger partial charge in [0.05, 0.1) is 0 Å². The van der Waals surface area contributed by atoms with E-state index < -0.39 is 12.0 Å². The van der Waals surface area contributed by atoms with E-state index in [2.05, 4.69) is 0 Å². The van der Waals surface area contributed by atoms with Gasteiger partial charge in [0.1, 0.15) is 11.8 Å². The number of carbonyl (C=O) groups is 1. The van der Waals surface area contributed by atoms with E-state index in [4.69, 9.17) is 21.7 Å². The summed E-state index contributed by atoms with van der Waals surface area (Å²) in [4.78, 5) is 10.5. The van der Waals surface area contributed by atoms with E-state index in [-0.39, 0.29) is 12.2 Å². The van der Waals surface area contributed by atoms with Crippen LogP contribution in [0.15, 0.2) is 18.2 Å². The summed E-state index contributed by atoms with van der Waals surface area (Å²) in [5.74, 6) is -1.04. The number of anilines is 1. The van der Waals surface area contributed by atoms with Gasteiger partial charge in [-0.05, 0) is 23.8 Å². The number of benzene rings is 1. The average molecular weight is 196 g/mol. The fraction of sp³-hybridized carbons (Fsp3) is 0.222. The fourth-order valence-electron chi connectivity index (χ4n) is 1.09. The predicted molar refractivity (Wildman–Crippen MR) is 51.8 cm³/mol. The van der Waals surface area contributed by atoms with Crippen molar-refractivity contribution in [2.24, 2.45) is 5.73 Å². The van der Waals surface area contributed by atoms with Crippen LogP contribution in [0.1, 0.15) is 5.56 Å². The molecular formula is C9H12N2O3. The molecule has 1 aromatic carbocycles. The third kappa shape index (κ3) is 2.37. The molecule has 0 fully saturated rings.